The van der Waals surface area contributed by atoms with Crippen molar-refractivity contribution < 1.29 is 13.2 Å². The van der Waals surface area contributed by atoms with Crippen LogP contribution in [-0.2, 0) is 10.0 Å². The molecule has 2 aromatic rings. The molecule has 0 bridgehead atoms. The highest BCUT2D eigenvalue weighted by atomic mass is 35.5. The number of halogens is 3. The molecule has 0 saturated carbocycles. The van der Waals surface area contributed by atoms with Gasteiger partial charge in [-0.3, -0.25) is 4.72 Å². The zero-order valence-corrected chi connectivity index (χ0v) is 13.8. The van der Waals surface area contributed by atoms with E-state index in [4.69, 9.17) is 39.5 Å². The minimum atomic E-state index is -3.83. The first kappa shape index (κ1) is 16.2. The topological polar surface area (TPSA) is 55.4 Å². The Hall–Kier alpha value is -1.14. The number of hydrogen-bond acceptors (Lipinski definition) is 3. The molecular formula is C13H10Cl3NO3S. The van der Waals surface area contributed by atoms with E-state index in [-0.39, 0.29) is 20.6 Å². The van der Waals surface area contributed by atoms with E-state index < -0.39 is 10.0 Å². The molecule has 0 aliphatic heterocycles. The van der Waals surface area contributed by atoms with Crippen molar-refractivity contribution in [1.82, 2.24) is 0 Å². The molecule has 1 N–H and O–H groups in total. The summed E-state index contributed by atoms with van der Waals surface area (Å²) in [5.41, 5.74) is 0.232. The zero-order chi connectivity index (χ0) is 15.6. The first-order valence-electron chi connectivity index (χ1n) is 5.65. The summed E-state index contributed by atoms with van der Waals surface area (Å²) in [4.78, 5) is -0.0149. The van der Waals surface area contributed by atoms with E-state index in [1.54, 1.807) is 12.1 Å². The molecule has 8 heteroatoms. The lowest BCUT2D eigenvalue weighted by Gasteiger charge is -2.12. The Balaban J connectivity index is 2.41. The van der Waals surface area contributed by atoms with Crippen LogP contribution in [0, 0.1) is 0 Å². The highest BCUT2D eigenvalue weighted by Gasteiger charge is 2.18. The molecule has 0 aliphatic carbocycles. The van der Waals surface area contributed by atoms with Crippen LogP contribution >= 0.6 is 34.8 Å². The molecule has 0 amide bonds. The fraction of sp³-hybridized carbons (Fsp3) is 0.0769. The molecule has 0 fully saturated rings. The Kier molecular flexibility index (Phi) is 4.88. The summed E-state index contributed by atoms with van der Waals surface area (Å²) >= 11 is 17.5. The second-order valence-electron chi connectivity index (χ2n) is 4.03. The highest BCUT2D eigenvalue weighted by molar-refractivity contribution is 7.92. The van der Waals surface area contributed by atoms with Crippen LogP contribution in [0.3, 0.4) is 0 Å². The molecule has 21 heavy (non-hydrogen) atoms. The lowest BCUT2D eigenvalue weighted by Crippen LogP contribution is -2.13. The summed E-state index contributed by atoms with van der Waals surface area (Å²) in [5.74, 6) is 0.350. The monoisotopic (exact) mass is 365 g/mol. The molecule has 112 valence electrons. The molecule has 0 aliphatic rings. The van der Waals surface area contributed by atoms with E-state index in [1.807, 2.05) is 0 Å². The van der Waals surface area contributed by atoms with Crippen molar-refractivity contribution in [3.05, 3.63) is 51.5 Å². The van der Waals surface area contributed by atoms with Gasteiger partial charge in [-0.15, -0.1) is 0 Å². The van der Waals surface area contributed by atoms with E-state index in [1.165, 1.54) is 31.4 Å². The van der Waals surface area contributed by atoms with Crippen LogP contribution in [0.2, 0.25) is 15.1 Å². The molecule has 0 spiro atoms. The fourth-order valence-corrected chi connectivity index (χ4v) is 3.23. The molecular weight excluding hydrogens is 357 g/mol. The lowest BCUT2D eigenvalue weighted by molar-refractivity contribution is 0.417. The Morgan fingerprint density at radius 2 is 1.71 bits per heavy atom. The summed E-state index contributed by atoms with van der Waals surface area (Å²) in [7, 11) is -2.40. The van der Waals surface area contributed by atoms with Gasteiger partial charge in [0.15, 0.2) is 0 Å². The quantitative estimate of drug-likeness (QED) is 0.869. The van der Waals surface area contributed by atoms with Crippen molar-refractivity contribution in [3.8, 4) is 5.75 Å². The average molecular weight is 367 g/mol. The molecule has 0 unspecified atom stereocenters. The van der Waals surface area contributed by atoms with E-state index in [0.717, 1.165) is 0 Å². The van der Waals surface area contributed by atoms with Gasteiger partial charge in [0, 0.05) is 5.02 Å². The first-order chi connectivity index (χ1) is 9.83. The third kappa shape index (κ3) is 3.74. The fourth-order valence-electron chi connectivity index (χ4n) is 1.61. The molecule has 0 atom stereocenters. The van der Waals surface area contributed by atoms with Crippen LogP contribution in [0.25, 0.3) is 0 Å². The second kappa shape index (κ2) is 6.32. The third-order valence-electron chi connectivity index (χ3n) is 2.61. The number of anilines is 1. The molecule has 0 saturated heterocycles. The largest absolute Gasteiger partial charge is 0.495 e. The van der Waals surface area contributed by atoms with E-state index in [0.29, 0.717) is 10.8 Å². The van der Waals surface area contributed by atoms with E-state index in [2.05, 4.69) is 4.72 Å². The predicted molar refractivity (Wildman–Crippen MR) is 85.3 cm³/mol. The van der Waals surface area contributed by atoms with E-state index >= 15 is 0 Å². The number of ether oxygens (including phenoxy) is 1. The molecule has 2 rings (SSSR count). The maximum Gasteiger partial charge on any atom is 0.262 e. The number of methoxy groups -OCH3 is 1. The van der Waals surface area contributed by atoms with Crippen LogP contribution in [0.5, 0.6) is 5.75 Å². The molecule has 0 heterocycles. The number of sulfonamides is 1. The molecule has 4 nitrogen and oxygen atoms in total. The van der Waals surface area contributed by atoms with Gasteiger partial charge in [0.1, 0.15) is 5.75 Å². The van der Waals surface area contributed by atoms with Gasteiger partial charge in [0.05, 0.1) is 27.7 Å². The third-order valence-corrected chi connectivity index (χ3v) is 4.94. The van der Waals surface area contributed by atoms with Crippen molar-refractivity contribution in [2.45, 2.75) is 4.90 Å². The highest BCUT2D eigenvalue weighted by Crippen LogP contribution is 2.31. The molecule has 2 aromatic carbocycles. The number of benzene rings is 2. The minimum absolute atomic E-state index is 0.0149. The normalized spacial score (nSPS) is 11.2. The van der Waals surface area contributed by atoms with Gasteiger partial charge in [-0.1, -0.05) is 34.8 Å². The predicted octanol–water partition coefficient (Wildman–Crippen LogP) is 4.46. The number of nitrogens with one attached hydrogen (secondary N) is 1. The van der Waals surface area contributed by atoms with Gasteiger partial charge < -0.3 is 4.74 Å². The number of rotatable bonds is 4. The summed E-state index contributed by atoms with van der Waals surface area (Å²) < 4.78 is 32.2. The maximum absolute atomic E-state index is 12.3. The van der Waals surface area contributed by atoms with Gasteiger partial charge in [-0.2, -0.15) is 0 Å². The first-order valence-corrected chi connectivity index (χ1v) is 8.26. The van der Waals surface area contributed by atoms with E-state index in [9.17, 15) is 8.42 Å². The maximum atomic E-state index is 12.3. The standard InChI is InChI=1S/C13H10Cl3NO3S/c1-20-13-5-2-8(14)6-12(13)17-21(18,19)9-3-4-10(15)11(16)7-9/h2-7,17H,1H3. The Morgan fingerprint density at radius 3 is 2.33 bits per heavy atom. The minimum Gasteiger partial charge on any atom is -0.495 e. The van der Waals surface area contributed by atoms with Crippen LogP contribution < -0.4 is 9.46 Å². The van der Waals surface area contributed by atoms with Gasteiger partial charge in [-0.25, -0.2) is 8.42 Å². The molecule has 0 radical (unpaired) electrons. The smallest absolute Gasteiger partial charge is 0.262 e. The van der Waals surface area contributed by atoms with Gasteiger partial charge >= 0.3 is 0 Å². The van der Waals surface area contributed by atoms with Gasteiger partial charge in [0.2, 0.25) is 0 Å². The Bertz CT molecular complexity index is 778. The lowest BCUT2D eigenvalue weighted by atomic mass is 10.3. The SMILES string of the molecule is COc1ccc(Cl)cc1NS(=O)(=O)c1ccc(Cl)c(Cl)c1. The number of hydrogen-bond donors (Lipinski definition) is 1. The average Bonchev–Trinajstić information content (AvgIpc) is 2.41. The summed E-state index contributed by atoms with van der Waals surface area (Å²) in [6.07, 6.45) is 0. The van der Waals surface area contributed by atoms with Crippen LogP contribution in [0.15, 0.2) is 41.3 Å². The van der Waals surface area contributed by atoms with Gasteiger partial charge in [0.25, 0.3) is 10.0 Å². The second-order valence-corrected chi connectivity index (χ2v) is 6.96. The van der Waals surface area contributed by atoms with Gasteiger partial charge in [-0.05, 0) is 36.4 Å². The van der Waals surface area contributed by atoms with Crippen molar-refractivity contribution in [2.24, 2.45) is 0 Å². The Labute approximate surface area is 137 Å². The van der Waals surface area contributed by atoms with Crippen LogP contribution in [0.4, 0.5) is 5.69 Å². The van der Waals surface area contributed by atoms with Crippen LogP contribution in [0.1, 0.15) is 0 Å². The van der Waals surface area contributed by atoms with Crippen molar-refractivity contribution in [3.63, 3.8) is 0 Å². The van der Waals surface area contributed by atoms with Crippen molar-refractivity contribution in [1.29, 1.82) is 0 Å². The summed E-state index contributed by atoms with van der Waals surface area (Å²) in [5, 5.41) is 0.802. The van der Waals surface area contributed by atoms with Crippen molar-refractivity contribution in [2.75, 3.05) is 11.8 Å². The molecule has 0 aromatic heterocycles. The van der Waals surface area contributed by atoms with Crippen LogP contribution in [-0.4, -0.2) is 15.5 Å². The summed E-state index contributed by atoms with van der Waals surface area (Å²) in [6.45, 7) is 0. The van der Waals surface area contributed by atoms with Crippen molar-refractivity contribution >= 4 is 50.5 Å². The Morgan fingerprint density at radius 1 is 1.00 bits per heavy atom. The summed E-state index contributed by atoms with van der Waals surface area (Å²) in [6, 6.07) is 8.65. The zero-order valence-electron chi connectivity index (χ0n) is 10.7.